The number of rotatable bonds is 35. The highest BCUT2D eigenvalue weighted by Crippen LogP contribution is 2.43. The Hall–Kier alpha value is -1.78. The van der Waals surface area contributed by atoms with E-state index in [1.165, 1.54) is 89.9 Å². The van der Waals surface area contributed by atoms with Gasteiger partial charge >= 0.3 is 25.7 Å². The molecule has 11 nitrogen and oxygen atoms in total. The van der Waals surface area contributed by atoms with Gasteiger partial charge in [0.15, 0.2) is 6.10 Å². The molecule has 0 saturated carbocycles. The normalized spacial score (nSPS) is 14.1. The Bertz CT molecular complexity index is 885. The number of ether oxygens (including phenoxy) is 2. The largest absolute Gasteiger partial charge is 0.480 e. The van der Waals surface area contributed by atoms with Crippen LogP contribution < -0.4 is 5.73 Å². The molecule has 0 radical (unpaired) electrons. The molecule has 4 N–H and O–H groups in total. The van der Waals surface area contributed by atoms with E-state index < -0.39 is 51.1 Å². The lowest BCUT2D eigenvalue weighted by atomic mass is 10.1. The van der Waals surface area contributed by atoms with Gasteiger partial charge in [-0.25, -0.2) is 4.57 Å². The highest BCUT2D eigenvalue weighted by Gasteiger charge is 2.28. The zero-order valence-corrected chi connectivity index (χ0v) is 31.0. The molecule has 0 aliphatic carbocycles. The molecule has 0 saturated heterocycles. The fourth-order valence-electron chi connectivity index (χ4n) is 4.99. The summed E-state index contributed by atoms with van der Waals surface area (Å²) in [6.07, 6.45) is 28.6. The third-order valence-corrected chi connectivity index (χ3v) is 8.96. The fourth-order valence-corrected chi connectivity index (χ4v) is 5.76. The number of allylic oxidation sites excluding steroid dienone is 2. The lowest BCUT2D eigenvalue weighted by molar-refractivity contribution is -0.161. The van der Waals surface area contributed by atoms with Crippen LogP contribution in [0.5, 0.6) is 0 Å². The zero-order chi connectivity index (χ0) is 35.7. The minimum atomic E-state index is -4.70. The molecular formula is C36H68NO10P. The molecule has 282 valence electrons. The van der Waals surface area contributed by atoms with Gasteiger partial charge in [-0.3, -0.25) is 23.4 Å². The molecule has 0 rings (SSSR count). The third-order valence-electron chi connectivity index (χ3n) is 8.01. The van der Waals surface area contributed by atoms with Crippen molar-refractivity contribution in [3.63, 3.8) is 0 Å². The molecule has 0 aromatic rings. The number of nitrogens with two attached hydrogens (primary N) is 1. The van der Waals surface area contributed by atoms with Crippen molar-refractivity contribution in [1.82, 2.24) is 0 Å². The number of phosphoric acid groups is 1. The summed E-state index contributed by atoms with van der Waals surface area (Å²) >= 11 is 0. The molecule has 0 aromatic heterocycles. The maximum Gasteiger partial charge on any atom is 0.472 e. The highest BCUT2D eigenvalue weighted by molar-refractivity contribution is 7.47. The molecule has 0 spiro atoms. The molecule has 12 heteroatoms. The van der Waals surface area contributed by atoms with E-state index in [0.29, 0.717) is 12.8 Å². The van der Waals surface area contributed by atoms with Crippen molar-refractivity contribution in [2.45, 2.75) is 180 Å². The van der Waals surface area contributed by atoms with Crippen LogP contribution in [0.15, 0.2) is 12.2 Å². The van der Waals surface area contributed by atoms with Crippen LogP contribution in [-0.4, -0.2) is 59.9 Å². The molecule has 3 atom stereocenters. The average molecular weight is 706 g/mol. The molecule has 0 aliphatic rings. The van der Waals surface area contributed by atoms with Gasteiger partial charge in [0.1, 0.15) is 12.6 Å². The quantitative estimate of drug-likeness (QED) is 0.0249. The first kappa shape index (κ1) is 46.2. The van der Waals surface area contributed by atoms with Gasteiger partial charge < -0.3 is 25.2 Å². The molecule has 0 aromatic carbocycles. The van der Waals surface area contributed by atoms with Crippen LogP contribution in [0.4, 0.5) is 0 Å². The second-order valence-electron chi connectivity index (χ2n) is 12.7. The Labute approximate surface area is 290 Å². The zero-order valence-electron chi connectivity index (χ0n) is 30.1. The predicted octanol–water partition coefficient (Wildman–Crippen LogP) is 8.95. The fraction of sp³-hybridized carbons (Fsp3) is 0.861. The van der Waals surface area contributed by atoms with Crippen LogP contribution in [0.3, 0.4) is 0 Å². The van der Waals surface area contributed by atoms with Crippen LogP contribution in [0, 0.1) is 0 Å². The number of aliphatic carboxylic acids is 1. The minimum absolute atomic E-state index is 0.162. The summed E-state index contributed by atoms with van der Waals surface area (Å²) in [5.41, 5.74) is 5.31. The number of carboxylic acid groups (broad SMARTS) is 1. The second-order valence-corrected chi connectivity index (χ2v) is 14.2. The summed E-state index contributed by atoms with van der Waals surface area (Å²) in [6.45, 7) is 2.73. The summed E-state index contributed by atoms with van der Waals surface area (Å²) in [7, 11) is -4.70. The average Bonchev–Trinajstić information content (AvgIpc) is 3.05. The van der Waals surface area contributed by atoms with Crippen molar-refractivity contribution in [3.8, 4) is 0 Å². The van der Waals surface area contributed by atoms with Crippen LogP contribution in [0.25, 0.3) is 0 Å². The third kappa shape index (κ3) is 31.5. The summed E-state index contributed by atoms with van der Waals surface area (Å²) < 4.78 is 32.5. The molecule has 0 fully saturated rings. The molecule has 0 aliphatic heterocycles. The lowest BCUT2D eigenvalue weighted by Crippen LogP contribution is -2.34. The van der Waals surface area contributed by atoms with E-state index in [0.717, 1.165) is 38.5 Å². The van der Waals surface area contributed by atoms with Crippen molar-refractivity contribution >= 4 is 25.7 Å². The lowest BCUT2D eigenvalue weighted by Gasteiger charge is -2.20. The number of carbonyl (C=O) groups excluding carboxylic acids is 2. The number of esters is 2. The van der Waals surface area contributed by atoms with Crippen LogP contribution in [0.1, 0.15) is 168 Å². The van der Waals surface area contributed by atoms with Crippen LogP contribution in [-0.2, 0) is 37.5 Å². The number of unbranched alkanes of at least 4 members (excludes halogenated alkanes) is 19. The summed E-state index contributed by atoms with van der Waals surface area (Å²) in [6, 6.07) is -1.52. The monoisotopic (exact) mass is 705 g/mol. The highest BCUT2D eigenvalue weighted by atomic mass is 31.2. The van der Waals surface area contributed by atoms with E-state index in [-0.39, 0.29) is 19.4 Å². The van der Waals surface area contributed by atoms with Gasteiger partial charge in [-0.15, -0.1) is 0 Å². The number of carboxylic acids is 1. The number of hydrogen-bond donors (Lipinski definition) is 3. The van der Waals surface area contributed by atoms with Crippen molar-refractivity contribution < 1.29 is 47.5 Å². The van der Waals surface area contributed by atoms with Crippen LogP contribution in [0.2, 0.25) is 0 Å². The molecular weight excluding hydrogens is 637 g/mol. The first-order valence-electron chi connectivity index (χ1n) is 18.7. The van der Waals surface area contributed by atoms with Crippen molar-refractivity contribution in [2.24, 2.45) is 5.73 Å². The van der Waals surface area contributed by atoms with E-state index in [1.807, 2.05) is 0 Å². The van der Waals surface area contributed by atoms with E-state index in [1.54, 1.807) is 0 Å². The standard InChI is InChI=1S/C36H68NO10P/c1-3-5-7-9-11-13-14-15-16-17-18-20-22-24-26-28-35(39)47-32(30-45-48(42,43)46-31-33(37)36(40)41)29-44-34(38)27-25-23-21-19-12-10-8-6-4-2/h9,11,32-33H,3-8,10,12-31,37H2,1-2H3,(H,40,41)(H,42,43)/b11-9+/t32-,33-/m0/s1. The van der Waals surface area contributed by atoms with Crippen LogP contribution >= 0.6 is 7.82 Å². The van der Waals surface area contributed by atoms with E-state index in [2.05, 4.69) is 30.5 Å². The predicted molar refractivity (Wildman–Crippen MR) is 189 cm³/mol. The first-order valence-corrected chi connectivity index (χ1v) is 20.2. The number of carbonyl (C=O) groups is 3. The number of hydrogen-bond acceptors (Lipinski definition) is 9. The Balaban J connectivity index is 4.41. The maximum absolute atomic E-state index is 12.5. The smallest absolute Gasteiger partial charge is 0.472 e. The van der Waals surface area contributed by atoms with E-state index in [4.69, 9.17) is 24.8 Å². The maximum atomic E-state index is 12.5. The topological polar surface area (TPSA) is 172 Å². The van der Waals surface area contributed by atoms with E-state index in [9.17, 15) is 23.8 Å². The van der Waals surface area contributed by atoms with Crippen molar-refractivity contribution in [3.05, 3.63) is 12.2 Å². The number of phosphoric ester groups is 1. The second kappa shape index (κ2) is 32.4. The van der Waals surface area contributed by atoms with Crippen molar-refractivity contribution in [1.29, 1.82) is 0 Å². The van der Waals surface area contributed by atoms with Gasteiger partial charge in [0, 0.05) is 12.8 Å². The summed E-state index contributed by atoms with van der Waals surface area (Å²) in [5, 5.41) is 8.84. The van der Waals surface area contributed by atoms with E-state index >= 15 is 0 Å². The van der Waals surface area contributed by atoms with Gasteiger partial charge in [0.25, 0.3) is 0 Å². The van der Waals surface area contributed by atoms with Gasteiger partial charge in [-0.2, -0.15) is 0 Å². The SMILES string of the molecule is CCCC/C=C/CCCCCCCCCCCC(=O)O[C@@H](COC(=O)CCCCCCCCCCC)COP(=O)(O)OC[C@H](N)C(=O)O. The molecule has 48 heavy (non-hydrogen) atoms. The van der Waals surface area contributed by atoms with Gasteiger partial charge in [-0.1, -0.05) is 135 Å². The Morgan fingerprint density at radius 3 is 1.58 bits per heavy atom. The van der Waals surface area contributed by atoms with Crippen molar-refractivity contribution in [2.75, 3.05) is 19.8 Å². The van der Waals surface area contributed by atoms with Gasteiger partial charge in [0.2, 0.25) is 0 Å². The molecule has 0 bridgehead atoms. The summed E-state index contributed by atoms with van der Waals surface area (Å²) in [4.78, 5) is 45.6. The van der Waals surface area contributed by atoms with Gasteiger partial charge in [-0.05, 0) is 32.1 Å². The molecule has 0 amide bonds. The molecule has 1 unspecified atom stereocenters. The van der Waals surface area contributed by atoms with Gasteiger partial charge in [0.05, 0.1) is 13.2 Å². The molecule has 0 heterocycles. The Morgan fingerprint density at radius 2 is 1.06 bits per heavy atom. The Kier molecular flexibility index (Phi) is 31.2. The Morgan fingerprint density at radius 1 is 0.625 bits per heavy atom. The summed E-state index contributed by atoms with van der Waals surface area (Å²) in [5.74, 6) is -2.38. The first-order chi connectivity index (χ1) is 23.1. The minimum Gasteiger partial charge on any atom is -0.480 e.